The van der Waals surface area contributed by atoms with Gasteiger partial charge in [0, 0.05) is 49.5 Å². The summed E-state index contributed by atoms with van der Waals surface area (Å²) in [6.45, 7) is 5.28. The van der Waals surface area contributed by atoms with E-state index in [0.717, 1.165) is 10.2 Å². The lowest BCUT2D eigenvalue weighted by atomic mass is 9.93. The molecule has 5 rings (SSSR count). The first-order chi connectivity index (χ1) is 21.6. The van der Waals surface area contributed by atoms with Crippen LogP contribution in [0.5, 0.6) is 0 Å². The van der Waals surface area contributed by atoms with E-state index in [9.17, 15) is 31.2 Å². The minimum absolute atomic E-state index is 0.0408. The highest BCUT2D eigenvalue weighted by molar-refractivity contribution is 7.90. The number of nitrogens with zero attached hydrogens (tertiary/aromatic N) is 4. The van der Waals surface area contributed by atoms with Gasteiger partial charge in [0.2, 0.25) is 11.9 Å². The Bertz CT molecular complexity index is 1870. The number of aromatic nitrogens is 3. The zero-order valence-electron chi connectivity index (χ0n) is 25.5. The van der Waals surface area contributed by atoms with E-state index >= 15 is 0 Å². The molecular weight excluding hydrogens is 625 g/mol. The third-order valence-corrected chi connectivity index (χ3v) is 9.07. The second-order valence-corrected chi connectivity index (χ2v) is 13.7. The highest BCUT2D eigenvalue weighted by Crippen LogP contribution is 2.40. The summed E-state index contributed by atoms with van der Waals surface area (Å²) in [5, 5.41) is 5.79. The van der Waals surface area contributed by atoms with Gasteiger partial charge < -0.3 is 20.3 Å². The third kappa shape index (κ3) is 6.78. The zero-order valence-corrected chi connectivity index (χ0v) is 26.3. The molecule has 244 valence electrons. The lowest BCUT2D eigenvalue weighted by Gasteiger charge is -2.38. The number of nitrogens with one attached hydrogen (secondary N) is 2. The second kappa shape index (κ2) is 12.3. The van der Waals surface area contributed by atoms with Crippen molar-refractivity contribution in [3.8, 4) is 11.3 Å². The van der Waals surface area contributed by atoms with Crippen LogP contribution in [0.3, 0.4) is 0 Å². The molecule has 0 spiro atoms. The van der Waals surface area contributed by atoms with Gasteiger partial charge in [0.1, 0.15) is 11.2 Å². The first-order valence-electron chi connectivity index (χ1n) is 14.4. The average Bonchev–Trinajstić information content (AvgIpc) is 3.40. The average molecular weight is 659 g/mol. The number of para-hydroxylation sites is 1. The van der Waals surface area contributed by atoms with E-state index in [4.69, 9.17) is 4.74 Å². The van der Waals surface area contributed by atoms with E-state index in [2.05, 4.69) is 20.6 Å². The van der Waals surface area contributed by atoms with Crippen LogP contribution in [-0.2, 0) is 25.7 Å². The maximum Gasteiger partial charge on any atom is 0.419 e. The predicted molar refractivity (Wildman–Crippen MR) is 164 cm³/mol. The van der Waals surface area contributed by atoms with Gasteiger partial charge in [-0.15, -0.1) is 0 Å². The van der Waals surface area contributed by atoms with Gasteiger partial charge in [0.15, 0.2) is 0 Å². The summed E-state index contributed by atoms with van der Waals surface area (Å²) in [5.74, 6) is -1.15. The number of carbonyl (C=O) groups excluding carboxylic acids is 2. The first-order valence-corrected chi connectivity index (χ1v) is 15.8. The monoisotopic (exact) mass is 658 g/mol. The molecule has 15 heteroatoms. The number of hydrogen-bond acceptors (Lipinski definition) is 8. The minimum Gasteiger partial charge on any atom is -0.444 e. The molecule has 1 aliphatic heterocycles. The fraction of sp³-hybridized carbons (Fsp3) is 0.355. The van der Waals surface area contributed by atoms with Crippen molar-refractivity contribution >= 4 is 38.9 Å². The van der Waals surface area contributed by atoms with Crippen molar-refractivity contribution in [3.05, 3.63) is 72.6 Å². The van der Waals surface area contributed by atoms with Gasteiger partial charge in [0.25, 0.3) is 10.0 Å². The van der Waals surface area contributed by atoms with Crippen LogP contribution in [0.25, 0.3) is 22.2 Å². The Balaban J connectivity index is 1.57. The smallest absolute Gasteiger partial charge is 0.419 e. The Kier molecular flexibility index (Phi) is 8.73. The molecule has 2 N–H and O–H groups in total. The summed E-state index contributed by atoms with van der Waals surface area (Å²) < 4.78 is 76.7. The number of amides is 2. The number of anilines is 1. The summed E-state index contributed by atoms with van der Waals surface area (Å²) in [6.07, 6.45) is -3.53. The standard InChI is InChI=1S/C31H33F3N6O5S/c1-30(2,3)45-29(42)39-16-19(27(41)35-4)14-20(17-39)37-28-36-15-24(31(32,33)34)26(38-28)23-18-40(25-13-9-8-12-22(23)25)46(43,44)21-10-6-5-7-11-21/h5-13,15,18-20H,14,16-17H2,1-4H3,(H,35,41)(H,36,37,38)/t19-,20+/m1/s1. The molecule has 4 aromatic rings. The van der Waals surface area contributed by atoms with Crippen LogP contribution in [0.1, 0.15) is 32.8 Å². The summed E-state index contributed by atoms with van der Waals surface area (Å²) in [5.41, 5.74) is -2.41. The van der Waals surface area contributed by atoms with Crippen molar-refractivity contribution in [2.24, 2.45) is 5.92 Å². The number of benzene rings is 2. The van der Waals surface area contributed by atoms with Gasteiger partial charge in [-0.25, -0.2) is 27.2 Å². The number of alkyl halides is 3. The lowest BCUT2D eigenvalue weighted by Crippen LogP contribution is -2.53. The Morgan fingerprint density at radius 1 is 1.00 bits per heavy atom. The molecule has 1 saturated heterocycles. The number of hydrogen-bond donors (Lipinski definition) is 2. The first kappa shape index (κ1) is 32.7. The quantitative estimate of drug-likeness (QED) is 0.291. The summed E-state index contributed by atoms with van der Waals surface area (Å²) in [4.78, 5) is 35.0. The molecule has 3 heterocycles. The molecule has 0 bridgehead atoms. The van der Waals surface area contributed by atoms with Crippen LogP contribution in [0.4, 0.5) is 23.9 Å². The van der Waals surface area contributed by atoms with Crippen LogP contribution in [0.2, 0.25) is 0 Å². The number of rotatable bonds is 6. The van der Waals surface area contributed by atoms with E-state index in [1.807, 2.05) is 0 Å². The Labute approximate surface area is 263 Å². The molecule has 0 radical (unpaired) electrons. The number of ether oxygens (including phenoxy) is 1. The number of carbonyl (C=O) groups is 2. The minimum atomic E-state index is -4.88. The normalized spacial score (nSPS) is 17.5. The number of likely N-dealkylation sites (tertiary alicyclic amines) is 1. The van der Waals surface area contributed by atoms with Crippen molar-refractivity contribution in [3.63, 3.8) is 0 Å². The molecule has 46 heavy (non-hydrogen) atoms. The Hall–Kier alpha value is -4.66. The Morgan fingerprint density at radius 3 is 2.33 bits per heavy atom. The number of halogens is 3. The van der Waals surface area contributed by atoms with Crippen molar-refractivity contribution < 1.29 is 35.9 Å². The molecule has 0 aliphatic carbocycles. The molecule has 0 saturated carbocycles. The molecule has 2 aromatic heterocycles. The maximum absolute atomic E-state index is 14.4. The summed E-state index contributed by atoms with van der Waals surface area (Å²) >= 11 is 0. The lowest BCUT2D eigenvalue weighted by molar-refractivity contribution is -0.137. The molecule has 1 aliphatic rings. The largest absolute Gasteiger partial charge is 0.444 e. The van der Waals surface area contributed by atoms with Gasteiger partial charge in [-0.1, -0.05) is 36.4 Å². The SMILES string of the molecule is CNC(=O)[C@@H]1C[C@H](Nc2ncc(C(F)(F)F)c(-c3cn(S(=O)(=O)c4ccccc4)c4ccccc34)n2)CN(C(=O)OC(C)(C)C)C1. The molecule has 0 unspecified atom stereocenters. The zero-order chi connectivity index (χ0) is 33.4. The van der Waals surface area contributed by atoms with Gasteiger partial charge >= 0.3 is 12.3 Å². The summed E-state index contributed by atoms with van der Waals surface area (Å²) in [7, 11) is -2.72. The fourth-order valence-corrected chi connectivity index (χ4v) is 6.75. The van der Waals surface area contributed by atoms with Crippen molar-refractivity contribution in [1.29, 1.82) is 0 Å². The van der Waals surface area contributed by atoms with Gasteiger partial charge in [-0.3, -0.25) is 4.79 Å². The highest BCUT2D eigenvalue weighted by atomic mass is 32.2. The molecule has 11 nitrogen and oxygen atoms in total. The van der Waals surface area contributed by atoms with E-state index in [1.165, 1.54) is 36.2 Å². The van der Waals surface area contributed by atoms with E-state index in [-0.39, 0.29) is 52.7 Å². The number of fused-ring (bicyclic) bond motifs is 1. The fourth-order valence-electron chi connectivity index (χ4n) is 5.36. The second-order valence-electron chi connectivity index (χ2n) is 11.9. The molecule has 2 atom stereocenters. The Morgan fingerprint density at radius 2 is 1.67 bits per heavy atom. The van der Waals surface area contributed by atoms with Crippen LogP contribution < -0.4 is 10.6 Å². The van der Waals surface area contributed by atoms with E-state index in [0.29, 0.717) is 6.20 Å². The molecule has 2 aromatic carbocycles. The van der Waals surface area contributed by atoms with Crippen LogP contribution in [0, 0.1) is 5.92 Å². The van der Waals surface area contributed by atoms with Crippen molar-refractivity contribution in [2.45, 2.75) is 49.9 Å². The van der Waals surface area contributed by atoms with Crippen LogP contribution in [-0.4, -0.2) is 71.0 Å². The van der Waals surface area contributed by atoms with Crippen LogP contribution >= 0.6 is 0 Å². The summed E-state index contributed by atoms with van der Waals surface area (Å²) in [6, 6.07) is 13.1. The third-order valence-electron chi connectivity index (χ3n) is 7.38. The maximum atomic E-state index is 14.4. The topological polar surface area (TPSA) is 136 Å². The molecule has 2 amide bonds. The molecule has 1 fully saturated rings. The predicted octanol–water partition coefficient (Wildman–Crippen LogP) is 5.14. The van der Waals surface area contributed by atoms with Gasteiger partial charge in [-0.2, -0.15) is 13.2 Å². The van der Waals surface area contributed by atoms with Gasteiger partial charge in [-0.05, 0) is 45.4 Å². The van der Waals surface area contributed by atoms with E-state index < -0.39 is 51.1 Å². The highest BCUT2D eigenvalue weighted by Gasteiger charge is 2.38. The van der Waals surface area contributed by atoms with Gasteiger partial charge in [0.05, 0.1) is 22.0 Å². The van der Waals surface area contributed by atoms with Crippen LogP contribution in [0.15, 0.2) is 71.9 Å². The molecular formula is C31H33F3N6O5S. The number of piperidine rings is 1. The van der Waals surface area contributed by atoms with Crippen molar-refractivity contribution in [1.82, 2.24) is 24.2 Å². The van der Waals surface area contributed by atoms with Crippen molar-refractivity contribution in [2.75, 3.05) is 25.5 Å². The van der Waals surface area contributed by atoms with E-state index in [1.54, 1.807) is 51.1 Å².